The second kappa shape index (κ2) is 4.23. The Balaban J connectivity index is 2.29. The topological polar surface area (TPSA) is 61.4 Å². The van der Waals surface area contributed by atoms with Gasteiger partial charge in [0.2, 0.25) is 0 Å². The highest BCUT2D eigenvalue weighted by Gasteiger charge is 2.57. The van der Waals surface area contributed by atoms with Crippen LogP contribution in [0, 0.1) is 0 Å². The average molecular weight is 262 g/mol. The lowest BCUT2D eigenvalue weighted by Crippen LogP contribution is -2.05. The summed E-state index contributed by atoms with van der Waals surface area (Å²) in [5.74, 6) is -3.21. The fourth-order valence-corrected chi connectivity index (χ4v) is 2.03. The number of hydrogen-bond acceptors (Lipinski definition) is 3. The summed E-state index contributed by atoms with van der Waals surface area (Å²) in [6.45, 7) is 0. The third-order valence-corrected chi connectivity index (χ3v) is 3.03. The highest BCUT2D eigenvalue weighted by Crippen LogP contribution is 2.56. The maximum Gasteiger partial charge on any atom is 0.255 e. The van der Waals surface area contributed by atoms with Crippen molar-refractivity contribution >= 4 is 17.0 Å². The van der Waals surface area contributed by atoms with Gasteiger partial charge in [0.25, 0.3) is 5.92 Å². The number of anilines is 1. The third kappa shape index (κ3) is 2.55. The number of halogens is 2. The number of rotatable bonds is 4. The minimum Gasteiger partial charge on any atom is -0.755 e. The van der Waals surface area contributed by atoms with Crippen LogP contribution in [-0.4, -0.2) is 21.8 Å². The number of hydrogen-bond donors (Lipinski definition) is 1. The van der Waals surface area contributed by atoms with Crippen LogP contribution in [0.2, 0.25) is 0 Å². The van der Waals surface area contributed by atoms with E-state index in [0.29, 0.717) is 11.3 Å². The van der Waals surface area contributed by atoms with Crippen molar-refractivity contribution in [2.45, 2.75) is 18.3 Å². The largest absolute Gasteiger partial charge is 0.755 e. The van der Waals surface area contributed by atoms with Crippen LogP contribution in [0.5, 0.6) is 5.75 Å². The van der Waals surface area contributed by atoms with Crippen molar-refractivity contribution in [1.29, 1.82) is 0 Å². The van der Waals surface area contributed by atoms with Crippen molar-refractivity contribution in [3.8, 4) is 5.75 Å². The molecule has 1 aliphatic carbocycles. The van der Waals surface area contributed by atoms with E-state index in [1.165, 1.54) is 25.3 Å². The summed E-state index contributed by atoms with van der Waals surface area (Å²) in [6, 6.07) is 4.36. The van der Waals surface area contributed by atoms with Crippen molar-refractivity contribution in [1.82, 2.24) is 0 Å². The van der Waals surface area contributed by atoms with Gasteiger partial charge in [0.15, 0.2) is 0 Å². The van der Waals surface area contributed by atoms with E-state index in [2.05, 4.69) is 4.72 Å². The van der Waals surface area contributed by atoms with Gasteiger partial charge in [-0.2, -0.15) is 0 Å². The van der Waals surface area contributed by atoms with E-state index in [-0.39, 0.29) is 12.1 Å². The molecule has 0 saturated heterocycles. The molecule has 0 amide bonds. The molecule has 0 aromatic heterocycles. The van der Waals surface area contributed by atoms with E-state index in [9.17, 15) is 17.5 Å². The van der Waals surface area contributed by atoms with Gasteiger partial charge >= 0.3 is 0 Å². The van der Waals surface area contributed by atoms with Crippen LogP contribution in [0.15, 0.2) is 18.2 Å². The van der Waals surface area contributed by atoms with Crippen molar-refractivity contribution in [2.24, 2.45) is 0 Å². The first-order valence-corrected chi connectivity index (χ1v) is 5.93. The summed E-state index contributed by atoms with van der Waals surface area (Å²) < 4.78 is 53.9. The lowest BCUT2D eigenvalue weighted by atomic mass is 10.1. The van der Waals surface area contributed by atoms with Gasteiger partial charge in [-0.15, -0.1) is 0 Å². The third-order valence-electron chi connectivity index (χ3n) is 2.65. The summed E-state index contributed by atoms with van der Waals surface area (Å²) in [5, 5.41) is 0. The molecular weight excluding hydrogens is 252 g/mol. The molecule has 4 nitrogen and oxygen atoms in total. The molecule has 1 saturated carbocycles. The molecule has 7 heteroatoms. The standard InChI is InChI=1S/C10H11F2NO3S/c1-16-9-3-2-6(7-5-10(7,11)12)4-8(9)13-17(14)15/h2-4,7,13H,5H2,1H3,(H,14,15)/p-1. The van der Waals surface area contributed by atoms with Gasteiger partial charge in [-0.3, -0.25) is 4.21 Å². The van der Waals surface area contributed by atoms with E-state index in [0.717, 1.165) is 0 Å². The molecule has 94 valence electrons. The first-order valence-electron chi connectivity index (χ1n) is 4.85. The quantitative estimate of drug-likeness (QED) is 0.844. The Morgan fingerprint density at radius 3 is 2.71 bits per heavy atom. The zero-order chi connectivity index (χ0) is 12.6. The summed E-state index contributed by atoms with van der Waals surface area (Å²) in [5.41, 5.74) is 0.574. The van der Waals surface area contributed by atoms with Crippen LogP contribution in [0.3, 0.4) is 0 Å². The van der Waals surface area contributed by atoms with Crippen molar-refractivity contribution in [2.75, 3.05) is 11.8 Å². The zero-order valence-electron chi connectivity index (χ0n) is 8.91. The highest BCUT2D eigenvalue weighted by atomic mass is 32.2. The zero-order valence-corrected chi connectivity index (χ0v) is 9.72. The Bertz CT molecular complexity index is 467. The van der Waals surface area contributed by atoms with Gasteiger partial charge in [-0.05, 0) is 17.7 Å². The Labute approximate surface area is 99.4 Å². The minimum atomic E-state index is -2.68. The monoisotopic (exact) mass is 262 g/mol. The molecule has 1 fully saturated rings. The Hall–Kier alpha value is -1.21. The van der Waals surface area contributed by atoms with E-state index in [4.69, 9.17) is 4.74 Å². The molecule has 2 rings (SSSR count). The molecule has 2 atom stereocenters. The fourth-order valence-electron chi connectivity index (χ4n) is 1.69. The number of methoxy groups -OCH3 is 1. The predicted molar refractivity (Wildman–Crippen MR) is 57.8 cm³/mol. The fraction of sp³-hybridized carbons (Fsp3) is 0.400. The number of benzene rings is 1. The van der Waals surface area contributed by atoms with Crippen LogP contribution in [0.4, 0.5) is 14.5 Å². The van der Waals surface area contributed by atoms with Crippen LogP contribution >= 0.6 is 0 Å². The van der Waals surface area contributed by atoms with Gasteiger partial charge in [0.05, 0.1) is 18.7 Å². The number of alkyl halides is 2. The maximum atomic E-state index is 12.9. The molecule has 1 aliphatic rings. The molecule has 1 aromatic rings. The smallest absolute Gasteiger partial charge is 0.255 e. The molecule has 1 N–H and O–H groups in total. The number of ether oxygens (including phenoxy) is 1. The Kier molecular flexibility index (Phi) is 3.05. The summed E-state index contributed by atoms with van der Waals surface area (Å²) in [7, 11) is 1.37. The second-order valence-electron chi connectivity index (χ2n) is 3.81. The molecule has 0 bridgehead atoms. The SMILES string of the molecule is COc1ccc(C2CC2(F)F)cc1NS(=O)[O-]. The van der Waals surface area contributed by atoms with E-state index in [1.807, 2.05) is 0 Å². The number of nitrogens with one attached hydrogen (secondary N) is 1. The minimum absolute atomic E-state index is 0.168. The van der Waals surface area contributed by atoms with Crippen LogP contribution in [0.25, 0.3) is 0 Å². The Morgan fingerprint density at radius 1 is 1.59 bits per heavy atom. The summed E-state index contributed by atoms with van der Waals surface area (Å²) >= 11 is -2.52. The normalized spacial score (nSPS) is 22.9. The highest BCUT2D eigenvalue weighted by molar-refractivity contribution is 7.80. The van der Waals surface area contributed by atoms with Crippen molar-refractivity contribution in [3.63, 3.8) is 0 Å². The van der Waals surface area contributed by atoms with Crippen LogP contribution in [-0.2, 0) is 11.3 Å². The van der Waals surface area contributed by atoms with Gasteiger partial charge < -0.3 is 14.0 Å². The Morgan fingerprint density at radius 2 is 2.24 bits per heavy atom. The molecule has 2 unspecified atom stereocenters. The molecule has 0 heterocycles. The van der Waals surface area contributed by atoms with E-state index < -0.39 is 23.1 Å². The lowest BCUT2D eigenvalue weighted by molar-refractivity contribution is 0.112. The van der Waals surface area contributed by atoms with Crippen molar-refractivity contribution < 1.29 is 22.3 Å². The molecule has 17 heavy (non-hydrogen) atoms. The predicted octanol–water partition coefficient (Wildman–Crippen LogP) is 2.02. The van der Waals surface area contributed by atoms with Crippen LogP contribution in [0.1, 0.15) is 17.9 Å². The molecule has 1 aromatic carbocycles. The van der Waals surface area contributed by atoms with Gasteiger partial charge in [-0.25, -0.2) is 8.78 Å². The van der Waals surface area contributed by atoms with Gasteiger partial charge in [0, 0.05) is 17.7 Å². The van der Waals surface area contributed by atoms with Gasteiger partial charge in [0.1, 0.15) is 5.75 Å². The lowest BCUT2D eigenvalue weighted by Gasteiger charge is -2.14. The van der Waals surface area contributed by atoms with Gasteiger partial charge in [-0.1, -0.05) is 6.07 Å². The molecule has 0 spiro atoms. The second-order valence-corrected chi connectivity index (χ2v) is 4.49. The average Bonchev–Trinajstić information content (AvgIpc) is 2.87. The molecule has 0 radical (unpaired) electrons. The van der Waals surface area contributed by atoms with E-state index in [1.54, 1.807) is 0 Å². The molecular formula is C10H10F2NO3S-. The first kappa shape index (κ1) is 12.3. The van der Waals surface area contributed by atoms with Crippen LogP contribution < -0.4 is 9.46 Å². The maximum absolute atomic E-state index is 12.9. The van der Waals surface area contributed by atoms with E-state index >= 15 is 0 Å². The molecule has 0 aliphatic heterocycles. The summed E-state index contributed by atoms with van der Waals surface area (Å²) in [6.07, 6.45) is -0.195. The first-order chi connectivity index (χ1) is 7.94. The summed E-state index contributed by atoms with van der Waals surface area (Å²) in [4.78, 5) is 0. The van der Waals surface area contributed by atoms with Crippen molar-refractivity contribution in [3.05, 3.63) is 23.8 Å².